The number of nitrogens with one attached hydrogen (secondary N) is 1. The monoisotopic (exact) mass is 441 g/mol. The van der Waals surface area contributed by atoms with Crippen molar-refractivity contribution >= 4 is 12.2 Å². The Bertz CT molecular complexity index is 1160. The summed E-state index contributed by atoms with van der Waals surface area (Å²) in [5, 5.41) is 11.9. The van der Waals surface area contributed by atoms with E-state index in [4.69, 9.17) is 4.74 Å². The molecule has 0 aliphatic carbocycles. The number of amides is 2. The predicted molar refractivity (Wildman–Crippen MR) is 109 cm³/mol. The number of aromatic nitrogens is 2. The second-order valence-corrected chi connectivity index (χ2v) is 7.66. The number of carbonyl (C=O) groups is 1. The van der Waals surface area contributed by atoms with Crippen LogP contribution in [-0.2, 0) is 0 Å². The van der Waals surface area contributed by atoms with Gasteiger partial charge in [-0.05, 0) is 35.4 Å². The third-order valence-electron chi connectivity index (χ3n) is 5.47. The summed E-state index contributed by atoms with van der Waals surface area (Å²) in [5.41, 5.74) is 1.88. The van der Waals surface area contributed by atoms with Gasteiger partial charge >= 0.3 is 6.03 Å². The first-order valence-electron chi connectivity index (χ1n) is 10.00. The molecule has 164 valence electrons. The molecular weight excluding hydrogens is 423 g/mol. The third-order valence-corrected chi connectivity index (χ3v) is 5.47. The van der Waals surface area contributed by atoms with Gasteiger partial charge in [-0.3, -0.25) is 5.10 Å². The Balaban J connectivity index is 1.23. The first-order valence-corrected chi connectivity index (χ1v) is 10.00. The fraction of sp³-hybridized carbons (Fsp3) is 0.227. The molecule has 7 nitrogen and oxygen atoms in total. The first-order chi connectivity index (χ1) is 15.5. The number of hydrogen-bond donors (Lipinski definition) is 1. The van der Waals surface area contributed by atoms with Gasteiger partial charge < -0.3 is 9.64 Å². The zero-order valence-electron chi connectivity index (χ0n) is 16.7. The minimum Gasteiger partial charge on any atom is -0.484 e. The van der Waals surface area contributed by atoms with Crippen LogP contribution in [-0.4, -0.2) is 51.5 Å². The SMILES string of the molecule is O=C(N1CC(Oc2cc(-c3cn[nH]c3)ccc2F)C1)N1N=CCC1c1cc(F)cc(F)c1. The van der Waals surface area contributed by atoms with Crippen LogP contribution in [0.25, 0.3) is 11.1 Å². The Morgan fingerprint density at radius 1 is 1.06 bits per heavy atom. The van der Waals surface area contributed by atoms with Gasteiger partial charge in [-0.1, -0.05) is 6.07 Å². The van der Waals surface area contributed by atoms with Crippen LogP contribution >= 0.6 is 0 Å². The van der Waals surface area contributed by atoms with Crippen molar-refractivity contribution in [2.24, 2.45) is 5.10 Å². The van der Waals surface area contributed by atoms with Gasteiger partial charge in [-0.15, -0.1) is 0 Å². The van der Waals surface area contributed by atoms with Crippen LogP contribution in [0.15, 0.2) is 53.9 Å². The van der Waals surface area contributed by atoms with Gasteiger partial charge in [-0.25, -0.2) is 23.0 Å². The molecular formula is C22H18F3N5O2. The molecule has 10 heteroatoms. The predicted octanol–water partition coefficient (Wildman–Crippen LogP) is 4.11. The maximum absolute atomic E-state index is 14.2. The number of urea groups is 1. The molecule has 2 aliphatic rings. The number of hydrazone groups is 1. The quantitative estimate of drug-likeness (QED) is 0.662. The molecule has 3 aromatic rings. The van der Waals surface area contributed by atoms with E-state index < -0.39 is 29.5 Å². The summed E-state index contributed by atoms with van der Waals surface area (Å²) in [7, 11) is 0. The molecule has 1 atom stereocenters. The number of H-pyrrole nitrogens is 1. The molecule has 0 spiro atoms. The van der Waals surface area contributed by atoms with Crippen molar-refractivity contribution in [2.45, 2.75) is 18.6 Å². The van der Waals surface area contributed by atoms with Crippen LogP contribution in [0.5, 0.6) is 5.75 Å². The summed E-state index contributed by atoms with van der Waals surface area (Å²) >= 11 is 0. The number of benzene rings is 2. The van der Waals surface area contributed by atoms with Gasteiger partial charge in [-0.2, -0.15) is 10.2 Å². The van der Waals surface area contributed by atoms with E-state index in [2.05, 4.69) is 15.3 Å². The molecule has 1 unspecified atom stereocenters. The van der Waals surface area contributed by atoms with Crippen molar-refractivity contribution in [1.29, 1.82) is 0 Å². The van der Waals surface area contributed by atoms with E-state index in [9.17, 15) is 18.0 Å². The molecule has 0 saturated carbocycles. The van der Waals surface area contributed by atoms with Crippen molar-refractivity contribution in [3.8, 4) is 16.9 Å². The lowest BCUT2D eigenvalue weighted by Gasteiger charge is -2.41. The van der Waals surface area contributed by atoms with Crippen LogP contribution in [0.1, 0.15) is 18.0 Å². The molecule has 2 amide bonds. The summed E-state index contributed by atoms with van der Waals surface area (Å²) in [4.78, 5) is 14.4. The molecule has 2 aromatic carbocycles. The highest BCUT2D eigenvalue weighted by Crippen LogP contribution is 2.32. The minimum absolute atomic E-state index is 0.0908. The van der Waals surface area contributed by atoms with Crippen molar-refractivity contribution in [3.05, 3.63) is 71.8 Å². The van der Waals surface area contributed by atoms with Gasteiger partial charge in [0.1, 0.15) is 17.7 Å². The maximum atomic E-state index is 14.2. The lowest BCUT2D eigenvalue weighted by molar-refractivity contribution is 0.0257. The van der Waals surface area contributed by atoms with Gasteiger partial charge in [0, 0.05) is 30.5 Å². The Morgan fingerprint density at radius 3 is 2.56 bits per heavy atom. The van der Waals surface area contributed by atoms with Crippen LogP contribution in [0.2, 0.25) is 0 Å². The fourth-order valence-electron chi connectivity index (χ4n) is 3.82. The molecule has 1 fully saturated rings. The van der Waals surface area contributed by atoms with Crippen molar-refractivity contribution in [3.63, 3.8) is 0 Å². The molecule has 1 saturated heterocycles. The zero-order chi connectivity index (χ0) is 22.2. The van der Waals surface area contributed by atoms with E-state index in [1.54, 1.807) is 24.5 Å². The van der Waals surface area contributed by atoms with Crippen LogP contribution < -0.4 is 4.74 Å². The van der Waals surface area contributed by atoms with Gasteiger partial charge in [0.2, 0.25) is 0 Å². The summed E-state index contributed by atoms with van der Waals surface area (Å²) in [6.45, 7) is 0.481. The first kappa shape index (κ1) is 20.1. The lowest BCUT2D eigenvalue weighted by Crippen LogP contribution is -2.58. The normalized spacial score (nSPS) is 18.2. The van der Waals surface area contributed by atoms with Gasteiger partial charge in [0.05, 0.1) is 25.3 Å². The maximum Gasteiger partial charge on any atom is 0.341 e. The van der Waals surface area contributed by atoms with Crippen LogP contribution in [0, 0.1) is 17.5 Å². The fourth-order valence-corrected chi connectivity index (χ4v) is 3.82. The van der Waals surface area contributed by atoms with Crippen molar-refractivity contribution < 1.29 is 22.7 Å². The summed E-state index contributed by atoms with van der Waals surface area (Å²) < 4.78 is 47.2. The Labute approximate surface area is 181 Å². The Morgan fingerprint density at radius 2 is 1.84 bits per heavy atom. The number of nitrogens with zero attached hydrogens (tertiary/aromatic N) is 4. The summed E-state index contributed by atoms with van der Waals surface area (Å²) in [6.07, 6.45) is 4.82. The molecule has 3 heterocycles. The Hall–Kier alpha value is -3.82. The number of rotatable bonds is 4. The Kier molecular flexibility index (Phi) is 5.04. The van der Waals surface area contributed by atoms with Gasteiger partial charge in [0.25, 0.3) is 0 Å². The van der Waals surface area contributed by atoms with E-state index in [0.717, 1.165) is 17.2 Å². The van der Waals surface area contributed by atoms with Crippen LogP contribution in [0.4, 0.5) is 18.0 Å². The second kappa shape index (κ2) is 8.03. The van der Waals surface area contributed by atoms with Gasteiger partial charge in [0.15, 0.2) is 11.6 Å². The molecule has 5 rings (SSSR count). The minimum atomic E-state index is -0.712. The largest absolute Gasteiger partial charge is 0.484 e. The molecule has 1 N–H and O–H groups in total. The zero-order valence-corrected chi connectivity index (χ0v) is 16.7. The van der Waals surface area contributed by atoms with Crippen molar-refractivity contribution in [1.82, 2.24) is 20.1 Å². The average Bonchev–Trinajstić information content (AvgIpc) is 3.42. The number of carbonyl (C=O) groups excluding carboxylic acids is 1. The standard InChI is InChI=1S/C22H18F3N5O2/c23-16-5-14(6-17(24)8-16)20-3-4-28-30(20)22(31)29-11-18(12-29)32-21-7-13(1-2-19(21)25)15-9-26-27-10-15/h1-2,4-10,18,20H,3,11-12H2,(H,26,27). The van der Waals surface area contributed by atoms with E-state index >= 15 is 0 Å². The highest BCUT2D eigenvalue weighted by Gasteiger charge is 2.39. The smallest absolute Gasteiger partial charge is 0.341 e. The van der Waals surface area contributed by atoms with E-state index in [0.29, 0.717) is 12.0 Å². The van der Waals surface area contributed by atoms with E-state index in [1.807, 2.05) is 0 Å². The third kappa shape index (κ3) is 3.79. The van der Waals surface area contributed by atoms with Crippen LogP contribution in [0.3, 0.4) is 0 Å². The molecule has 1 aromatic heterocycles. The number of halogens is 3. The second-order valence-electron chi connectivity index (χ2n) is 7.66. The number of aromatic amines is 1. The van der Waals surface area contributed by atoms with Crippen molar-refractivity contribution in [2.75, 3.05) is 13.1 Å². The number of hydrogen-bond acceptors (Lipinski definition) is 4. The topological polar surface area (TPSA) is 73.8 Å². The average molecular weight is 441 g/mol. The number of ether oxygens (including phenoxy) is 1. The van der Waals surface area contributed by atoms with E-state index in [-0.39, 0.29) is 24.9 Å². The highest BCUT2D eigenvalue weighted by molar-refractivity contribution is 5.79. The molecule has 32 heavy (non-hydrogen) atoms. The number of likely N-dealkylation sites (tertiary alicyclic amines) is 1. The summed E-state index contributed by atoms with van der Waals surface area (Å²) in [6, 6.07) is 6.72. The molecule has 2 aliphatic heterocycles. The molecule has 0 bridgehead atoms. The lowest BCUT2D eigenvalue weighted by atomic mass is 10.0. The highest BCUT2D eigenvalue weighted by atomic mass is 19.1. The molecule has 0 radical (unpaired) electrons. The van der Waals surface area contributed by atoms with E-state index in [1.165, 1.54) is 34.3 Å². The summed E-state index contributed by atoms with van der Waals surface area (Å²) in [5.74, 6) is -1.83.